The van der Waals surface area contributed by atoms with Gasteiger partial charge >= 0.3 is 0 Å². The Bertz CT molecular complexity index is 409. The van der Waals surface area contributed by atoms with E-state index < -0.39 is 0 Å². The molecular formula is C12H16BrClN2O. The maximum absolute atomic E-state index is 11.0. The molecule has 1 aromatic rings. The summed E-state index contributed by atoms with van der Waals surface area (Å²) in [5.74, 6) is -0.327. The number of nitrogens with two attached hydrogens (primary N) is 1. The lowest BCUT2D eigenvalue weighted by molar-refractivity contribution is -0.119. The van der Waals surface area contributed by atoms with Crippen LogP contribution in [0.4, 0.5) is 0 Å². The number of hydrogen-bond donors (Lipinski definition) is 1. The molecule has 5 heteroatoms. The second-order valence-electron chi connectivity index (χ2n) is 4.20. The van der Waals surface area contributed by atoms with Crippen LogP contribution < -0.4 is 5.73 Å². The Hall–Kier alpha value is -0.580. The van der Waals surface area contributed by atoms with Crippen molar-refractivity contribution < 1.29 is 4.79 Å². The topological polar surface area (TPSA) is 46.3 Å². The Morgan fingerprint density at radius 3 is 2.65 bits per heavy atom. The van der Waals surface area contributed by atoms with E-state index in [4.69, 9.17) is 17.3 Å². The summed E-state index contributed by atoms with van der Waals surface area (Å²) >= 11 is 9.50. The Morgan fingerprint density at radius 2 is 2.18 bits per heavy atom. The highest BCUT2D eigenvalue weighted by Gasteiger charge is 2.14. The molecule has 0 fully saturated rings. The van der Waals surface area contributed by atoms with Crippen LogP contribution in [0.25, 0.3) is 0 Å². The normalized spacial score (nSPS) is 11.2. The molecule has 1 rings (SSSR count). The number of halogens is 2. The van der Waals surface area contributed by atoms with Gasteiger partial charge in [0.05, 0.1) is 6.54 Å². The minimum Gasteiger partial charge on any atom is -0.369 e. The lowest BCUT2D eigenvalue weighted by Crippen LogP contribution is -2.38. The number of hydrogen-bond acceptors (Lipinski definition) is 2. The van der Waals surface area contributed by atoms with Crippen molar-refractivity contribution >= 4 is 33.4 Å². The van der Waals surface area contributed by atoms with E-state index in [0.29, 0.717) is 11.6 Å². The van der Waals surface area contributed by atoms with Crippen molar-refractivity contribution in [3.05, 3.63) is 33.3 Å². The lowest BCUT2D eigenvalue weighted by Gasteiger charge is -2.25. The fourth-order valence-electron chi connectivity index (χ4n) is 1.49. The summed E-state index contributed by atoms with van der Waals surface area (Å²) in [5.41, 5.74) is 6.22. The number of carbonyl (C=O) groups is 1. The minimum atomic E-state index is -0.327. The van der Waals surface area contributed by atoms with Crippen molar-refractivity contribution in [1.29, 1.82) is 0 Å². The molecule has 3 nitrogen and oxygen atoms in total. The quantitative estimate of drug-likeness (QED) is 0.907. The van der Waals surface area contributed by atoms with Gasteiger partial charge in [-0.2, -0.15) is 0 Å². The summed E-state index contributed by atoms with van der Waals surface area (Å²) in [6, 6.07) is 5.97. The van der Waals surface area contributed by atoms with Gasteiger partial charge in [-0.1, -0.05) is 33.6 Å². The van der Waals surface area contributed by atoms with Gasteiger partial charge in [-0.3, -0.25) is 9.69 Å². The van der Waals surface area contributed by atoms with Gasteiger partial charge in [-0.25, -0.2) is 0 Å². The first-order chi connectivity index (χ1) is 7.90. The molecule has 94 valence electrons. The van der Waals surface area contributed by atoms with Gasteiger partial charge in [0, 0.05) is 22.1 Å². The Kier molecular flexibility index (Phi) is 5.43. The maximum Gasteiger partial charge on any atom is 0.231 e. The van der Waals surface area contributed by atoms with Crippen molar-refractivity contribution in [3.63, 3.8) is 0 Å². The van der Waals surface area contributed by atoms with Crippen LogP contribution in [0.15, 0.2) is 22.7 Å². The molecule has 0 aliphatic carbocycles. The first-order valence-corrected chi connectivity index (χ1v) is 6.53. The molecule has 0 aliphatic rings. The SMILES string of the molecule is CC(C)N(CC(N)=O)Cc1ccc(Br)cc1Cl. The van der Waals surface area contributed by atoms with E-state index in [0.717, 1.165) is 10.0 Å². The summed E-state index contributed by atoms with van der Waals surface area (Å²) in [5, 5.41) is 0.689. The average molecular weight is 320 g/mol. The smallest absolute Gasteiger partial charge is 0.231 e. The van der Waals surface area contributed by atoms with Crippen LogP contribution in [0.3, 0.4) is 0 Å². The Labute approximate surface area is 115 Å². The van der Waals surface area contributed by atoms with Gasteiger partial charge in [0.1, 0.15) is 0 Å². The second-order valence-corrected chi connectivity index (χ2v) is 5.52. The predicted octanol–water partition coefficient (Wildman–Crippen LogP) is 2.80. The second kappa shape index (κ2) is 6.38. The zero-order valence-corrected chi connectivity index (χ0v) is 12.3. The first kappa shape index (κ1) is 14.5. The van der Waals surface area contributed by atoms with Gasteiger partial charge in [-0.15, -0.1) is 0 Å². The number of carbonyl (C=O) groups excluding carboxylic acids is 1. The predicted molar refractivity (Wildman–Crippen MR) is 73.9 cm³/mol. The molecule has 0 atom stereocenters. The Balaban J connectivity index is 2.82. The summed E-state index contributed by atoms with van der Waals surface area (Å²) in [6.45, 7) is 4.90. The highest BCUT2D eigenvalue weighted by Crippen LogP contribution is 2.23. The molecule has 0 bridgehead atoms. The van der Waals surface area contributed by atoms with E-state index >= 15 is 0 Å². The fourth-order valence-corrected chi connectivity index (χ4v) is 2.22. The Morgan fingerprint density at radius 1 is 1.53 bits per heavy atom. The molecule has 0 heterocycles. The fraction of sp³-hybridized carbons (Fsp3) is 0.417. The molecule has 1 aromatic carbocycles. The third-order valence-electron chi connectivity index (χ3n) is 2.48. The van der Waals surface area contributed by atoms with E-state index in [2.05, 4.69) is 15.9 Å². The summed E-state index contributed by atoms with van der Waals surface area (Å²) in [7, 11) is 0. The lowest BCUT2D eigenvalue weighted by atomic mass is 10.2. The van der Waals surface area contributed by atoms with Crippen LogP contribution in [0.5, 0.6) is 0 Å². The molecule has 0 saturated carbocycles. The van der Waals surface area contributed by atoms with Gasteiger partial charge in [-0.05, 0) is 31.5 Å². The number of primary amides is 1. The molecule has 0 saturated heterocycles. The van der Waals surface area contributed by atoms with Gasteiger partial charge in [0.25, 0.3) is 0 Å². The van der Waals surface area contributed by atoms with E-state index in [1.807, 2.05) is 36.9 Å². The van der Waals surface area contributed by atoms with Crippen LogP contribution >= 0.6 is 27.5 Å². The third kappa shape index (κ3) is 4.66. The van der Waals surface area contributed by atoms with Gasteiger partial charge < -0.3 is 5.73 Å². The molecule has 0 radical (unpaired) electrons. The standard InChI is InChI=1S/C12H16BrClN2O/c1-8(2)16(7-12(15)17)6-9-3-4-10(13)5-11(9)14/h3-5,8H,6-7H2,1-2H3,(H2,15,17). The molecule has 0 unspecified atom stereocenters. The highest BCUT2D eigenvalue weighted by molar-refractivity contribution is 9.10. The summed E-state index contributed by atoms with van der Waals surface area (Å²) in [4.78, 5) is 13.0. The monoisotopic (exact) mass is 318 g/mol. The van der Waals surface area contributed by atoms with Gasteiger partial charge in [0.15, 0.2) is 0 Å². The maximum atomic E-state index is 11.0. The van der Waals surface area contributed by atoms with Crippen molar-refractivity contribution in [2.75, 3.05) is 6.54 Å². The number of nitrogens with zero attached hydrogens (tertiary/aromatic N) is 1. The van der Waals surface area contributed by atoms with E-state index in [-0.39, 0.29) is 18.5 Å². The summed E-state index contributed by atoms with van der Waals surface area (Å²) < 4.78 is 0.942. The summed E-state index contributed by atoms with van der Waals surface area (Å²) in [6.07, 6.45) is 0. The van der Waals surface area contributed by atoms with Crippen LogP contribution in [-0.2, 0) is 11.3 Å². The van der Waals surface area contributed by atoms with Crippen LogP contribution in [0.2, 0.25) is 5.02 Å². The van der Waals surface area contributed by atoms with E-state index in [1.165, 1.54) is 0 Å². The number of amides is 1. The van der Waals surface area contributed by atoms with E-state index in [1.54, 1.807) is 0 Å². The van der Waals surface area contributed by atoms with E-state index in [9.17, 15) is 4.79 Å². The molecule has 0 aromatic heterocycles. The number of benzene rings is 1. The van der Waals surface area contributed by atoms with Crippen LogP contribution in [-0.4, -0.2) is 23.4 Å². The molecule has 0 spiro atoms. The number of rotatable bonds is 5. The van der Waals surface area contributed by atoms with Gasteiger partial charge in [0.2, 0.25) is 5.91 Å². The molecule has 2 N–H and O–H groups in total. The molecule has 17 heavy (non-hydrogen) atoms. The van der Waals surface area contributed by atoms with Crippen LogP contribution in [0, 0.1) is 0 Å². The zero-order valence-electron chi connectivity index (χ0n) is 9.91. The van der Waals surface area contributed by atoms with Crippen LogP contribution in [0.1, 0.15) is 19.4 Å². The molecular weight excluding hydrogens is 304 g/mol. The minimum absolute atomic E-state index is 0.238. The average Bonchev–Trinajstić information content (AvgIpc) is 2.19. The van der Waals surface area contributed by atoms with Crippen molar-refractivity contribution in [1.82, 2.24) is 4.90 Å². The third-order valence-corrected chi connectivity index (χ3v) is 3.32. The zero-order chi connectivity index (χ0) is 13.0. The van der Waals surface area contributed by atoms with Crippen molar-refractivity contribution in [2.45, 2.75) is 26.4 Å². The first-order valence-electron chi connectivity index (χ1n) is 5.36. The highest BCUT2D eigenvalue weighted by atomic mass is 79.9. The molecule has 0 aliphatic heterocycles. The largest absolute Gasteiger partial charge is 0.369 e. The van der Waals surface area contributed by atoms with Crippen molar-refractivity contribution in [3.8, 4) is 0 Å². The van der Waals surface area contributed by atoms with Crippen molar-refractivity contribution in [2.24, 2.45) is 5.73 Å². The molecule has 1 amide bonds.